The first-order chi connectivity index (χ1) is 9.17. The molecule has 0 fully saturated rings. The molecule has 104 valence electrons. The Bertz CT molecular complexity index is 454. The summed E-state index contributed by atoms with van der Waals surface area (Å²) in [4.78, 5) is 11.7. The van der Waals surface area contributed by atoms with Crippen molar-refractivity contribution >= 4 is 29.3 Å². The van der Waals surface area contributed by atoms with Crippen LogP contribution >= 0.6 is 12.2 Å². The summed E-state index contributed by atoms with van der Waals surface area (Å²) in [6, 6.07) is 3.38. The van der Waals surface area contributed by atoms with Crippen molar-refractivity contribution in [1.29, 1.82) is 0 Å². The van der Waals surface area contributed by atoms with Crippen LogP contribution in [0.15, 0.2) is 22.6 Å². The molecule has 0 aromatic carbocycles. The zero-order valence-electron chi connectivity index (χ0n) is 11.2. The molecule has 1 amide bonds. The Labute approximate surface area is 118 Å². The van der Waals surface area contributed by atoms with E-state index >= 15 is 0 Å². The number of carbonyl (C=O) groups is 1. The second-order valence-corrected chi connectivity index (χ2v) is 4.31. The van der Waals surface area contributed by atoms with E-state index < -0.39 is 0 Å². The first-order valence-electron chi connectivity index (χ1n) is 6.21. The Balaban J connectivity index is 2.47. The third-order valence-electron chi connectivity index (χ3n) is 2.37. The Kier molecular flexibility index (Phi) is 6.67. The highest BCUT2D eigenvalue weighted by molar-refractivity contribution is 7.80. The van der Waals surface area contributed by atoms with Crippen LogP contribution in [-0.2, 0) is 0 Å². The number of allylic oxidation sites excluding steroid dienone is 1. The van der Waals surface area contributed by atoms with Gasteiger partial charge in [0.2, 0.25) is 0 Å². The summed E-state index contributed by atoms with van der Waals surface area (Å²) >= 11 is 4.83. The number of furan rings is 1. The molecule has 0 aliphatic heterocycles. The lowest BCUT2D eigenvalue weighted by molar-refractivity contribution is 0.0915. The van der Waals surface area contributed by atoms with E-state index in [2.05, 4.69) is 23.1 Å². The van der Waals surface area contributed by atoms with E-state index in [1.165, 1.54) is 0 Å². The fraction of sp³-hybridized carbons (Fsp3) is 0.385. The van der Waals surface area contributed by atoms with Crippen LogP contribution in [0.1, 0.15) is 42.5 Å². The molecular formula is C13H19N3O2S. The summed E-state index contributed by atoms with van der Waals surface area (Å²) in [5.74, 6) is 0.532. The normalized spacial score (nSPS) is 10.4. The molecule has 1 rings (SSSR count). The van der Waals surface area contributed by atoms with Crippen LogP contribution in [0.3, 0.4) is 0 Å². The summed E-state index contributed by atoms with van der Waals surface area (Å²) < 4.78 is 5.39. The topological polar surface area (TPSA) is 66.3 Å². The van der Waals surface area contributed by atoms with Crippen molar-refractivity contribution in [2.45, 2.75) is 26.2 Å². The lowest BCUT2D eigenvalue weighted by Gasteiger charge is -2.06. The molecule has 3 N–H and O–H groups in total. The summed E-state index contributed by atoms with van der Waals surface area (Å²) in [7, 11) is 1.66. The second-order valence-electron chi connectivity index (χ2n) is 3.90. The predicted octanol–water partition coefficient (Wildman–Crippen LogP) is 2.22. The minimum atomic E-state index is -0.370. The molecule has 0 saturated carbocycles. The fourth-order valence-corrected chi connectivity index (χ4v) is 1.37. The van der Waals surface area contributed by atoms with Crippen molar-refractivity contribution < 1.29 is 9.21 Å². The summed E-state index contributed by atoms with van der Waals surface area (Å²) in [5.41, 5.74) is 4.97. The zero-order chi connectivity index (χ0) is 14.1. The molecule has 0 spiro atoms. The number of amides is 1. The Hall–Kier alpha value is -1.82. The minimum absolute atomic E-state index is 0.238. The van der Waals surface area contributed by atoms with Gasteiger partial charge in [-0.15, -0.1) is 0 Å². The number of unbranched alkanes of at least 4 members (excludes halogenated alkanes) is 2. The highest BCUT2D eigenvalue weighted by Gasteiger charge is 2.09. The van der Waals surface area contributed by atoms with Crippen LogP contribution in [-0.4, -0.2) is 18.1 Å². The first kappa shape index (κ1) is 15.2. The lowest BCUT2D eigenvalue weighted by atomic mass is 10.2. The third-order valence-corrected chi connectivity index (χ3v) is 2.68. The quantitative estimate of drug-likeness (QED) is 0.439. The van der Waals surface area contributed by atoms with Crippen LogP contribution in [0, 0.1) is 0 Å². The average molecular weight is 281 g/mol. The maximum atomic E-state index is 11.7. The van der Waals surface area contributed by atoms with Crippen molar-refractivity contribution in [2.24, 2.45) is 0 Å². The number of hydrogen-bond acceptors (Lipinski definition) is 3. The van der Waals surface area contributed by atoms with Crippen LogP contribution in [0.4, 0.5) is 0 Å². The molecule has 0 aliphatic rings. The van der Waals surface area contributed by atoms with Gasteiger partial charge in [-0.25, -0.2) is 0 Å². The van der Waals surface area contributed by atoms with Gasteiger partial charge < -0.3 is 9.73 Å². The van der Waals surface area contributed by atoms with Gasteiger partial charge in [0.05, 0.1) is 0 Å². The van der Waals surface area contributed by atoms with Gasteiger partial charge in [0.1, 0.15) is 5.76 Å². The van der Waals surface area contributed by atoms with E-state index in [-0.39, 0.29) is 11.7 Å². The summed E-state index contributed by atoms with van der Waals surface area (Å²) in [6.45, 7) is 2.14. The monoisotopic (exact) mass is 281 g/mol. The molecule has 19 heavy (non-hydrogen) atoms. The smallest absolute Gasteiger partial charge is 0.305 e. The van der Waals surface area contributed by atoms with E-state index in [0.717, 1.165) is 19.3 Å². The van der Waals surface area contributed by atoms with E-state index in [1.807, 2.05) is 12.2 Å². The Morgan fingerprint density at radius 2 is 2.21 bits per heavy atom. The maximum absolute atomic E-state index is 11.7. The Morgan fingerprint density at radius 1 is 1.42 bits per heavy atom. The first-order valence-corrected chi connectivity index (χ1v) is 6.62. The fourth-order valence-electron chi connectivity index (χ4n) is 1.32. The van der Waals surface area contributed by atoms with Crippen LogP contribution in [0.25, 0.3) is 6.08 Å². The molecule has 0 unspecified atom stereocenters. The van der Waals surface area contributed by atoms with E-state index in [0.29, 0.717) is 10.9 Å². The van der Waals surface area contributed by atoms with Crippen molar-refractivity contribution in [1.82, 2.24) is 16.2 Å². The number of hydrazine groups is 1. The van der Waals surface area contributed by atoms with Crippen molar-refractivity contribution in [3.8, 4) is 0 Å². The van der Waals surface area contributed by atoms with Crippen molar-refractivity contribution in [3.05, 3.63) is 29.7 Å². The van der Waals surface area contributed by atoms with Crippen molar-refractivity contribution in [3.63, 3.8) is 0 Å². The van der Waals surface area contributed by atoms with Crippen LogP contribution in [0.2, 0.25) is 0 Å². The second kappa shape index (κ2) is 8.31. The molecule has 6 heteroatoms. The molecule has 5 nitrogen and oxygen atoms in total. The van der Waals surface area contributed by atoms with E-state index in [9.17, 15) is 4.79 Å². The van der Waals surface area contributed by atoms with Crippen molar-refractivity contribution in [2.75, 3.05) is 7.05 Å². The van der Waals surface area contributed by atoms with Gasteiger partial charge in [0.25, 0.3) is 0 Å². The van der Waals surface area contributed by atoms with Gasteiger partial charge in [0, 0.05) is 7.05 Å². The minimum Gasteiger partial charge on any atom is -0.452 e. The molecule has 0 bridgehead atoms. The van der Waals surface area contributed by atoms with Gasteiger partial charge in [-0.3, -0.25) is 15.6 Å². The lowest BCUT2D eigenvalue weighted by Crippen LogP contribution is -2.45. The SMILES string of the molecule is CCCC/C=C/c1ccc(C(=O)NNC(=S)NC)o1. The van der Waals surface area contributed by atoms with Crippen LogP contribution in [0.5, 0.6) is 0 Å². The number of thiocarbonyl (C=S) groups is 1. The number of carbonyl (C=O) groups excluding carboxylic acids is 1. The van der Waals surface area contributed by atoms with Gasteiger partial charge in [-0.1, -0.05) is 25.8 Å². The number of hydrogen-bond donors (Lipinski definition) is 3. The van der Waals surface area contributed by atoms with E-state index in [4.69, 9.17) is 16.6 Å². The zero-order valence-corrected chi connectivity index (χ0v) is 12.0. The molecule has 1 aromatic rings. The average Bonchev–Trinajstić information content (AvgIpc) is 2.89. The molecule has 1 aromatic heterocycles. The molecular weight excluding hydrogens is 262 g/mol. The molecule has 0 atom stereocenters. The number of nitrogens with one attached hydrogen (secondary N) is 3. The molecule has 0 aliphatic carbocycles. The van der Waals surface area contributed by atoms with E-state index in [1.54, 1.807) is 19.2 Å². The van der Waals surface area contributed by atoms with Gasteiger partial charge in [0.15, 0.2) is 10.9 Å². The largest absolute Gasteiger partial charge is 0.452 e. The van der Waals surface area contributed by atoms with Gasteiger partial charge in [-0.2, -0.15) is 0 Å². The standard InChI is InChI=1S/C13H19N3O2S/c1-3-4-5-6-7-10-8-9-11(18-10)12(17)15-16-13(19)14-2/h6-9H,3-5H2,1-2H3,(H,15,17)(H2,14,16,19)/b7-6+. The maximum Gasteiger partial charge on any atom is 0.305 e. The van der Waals surface area contributed by atoms with Gasteiger partial charge >= 0.3 is 5.91 Å². The summed E-state index contributed by atoms with van der Waals surface area (Å²) in [5, 5.41) is 3.01. The van der Waals surface area contributed by atoms with Crippen LogP contribution < -0.4 is 16.2 Å². The highest BCUT2D eigenvalue weighted by atomic mass is 32.1. The molecule has 1 heterocycles. The third kappa shape index (κ3) is 5.56. The highest BCUT2D eigenvalue weighted by Crippen LogP contribution is 2.10. The molecule has 0 saturated heterocycles. The van der Waals surface area contributed by atoms with Gasteiger partial charge in [-0.05, 0) is 36.8 Å². The predicted molar refractivity (Wildman–Crippen MR) is 79.5 cm³/mol. The molecule has 0 radical (unpaired) electrons. The summed E-state index contributed by atoms with van der Waals surface area (Å²) in [6.07, 6.45) is 7.23. The number of rotatable bonds is 5. The Morgan fingerprint density at radius 3 is 2.89 bits per heavy atom.